The lowest BCUT2D eigenvalue weighted by molar-refractivity contribution is 0.583. The zero-order valence-electron chi connectivity index (χ0n) is 10.4. The molecule has 1 aliphatic rings. The highest BCUT2D eigenvalue weighted by Crippen LogP contribution is 2.34. The van der Waals surface area contributed by atoms with E-state index in [4.69, 9.17) is 23.2 Å². The Morgan fingerprint density at radius 1 is 1.21 bits per heavy atom. The van der Waals surface area contributed by atoms with E-state index in [0.29, 0.717) is 10.0 Å². The number of aromatic nitrogens is 1. The van der Waals surface area contributed by atoms with Crippen LogP contribution in [0.1, 0.15) is 30.1 Å². The topological polar surface area (TPSA) is 24.9 Å². The van der Waals surface area contributed by atoms with Gasteiger partial charge in [0.05, 0.1) is 22.4 Å². The average molecular weight is 293 g/mol. The van der Waals surface area contributed by atoms with Gasteiger partial charge in [-0.1, -0.05) is 29.3 Å². The Morgan fingerprint density at radius 2 is 2.11 bits per heavy atom. The fourth-order valence-corrected chi connectivity index (χ4v) is 3.01. The van der Waals surface area contributed by atoms with Crippen LogP contribution in [0.25, 0.3) is 0 Å². The van der Waals surface area contributed by atoms with Crippen LogP contribution in [0.4, 0.5) is 5.69 Å². The van der Waals surface area contributed by atoms with Crippen molar-refractivity contribution in [2.45, 2.75) is 25.3 Å². The molecule has 19 heavy (non-hydrogen) atoms. The Labute approximate surface area is 122 Å². The zero-order valence-corrected chi connectivity index (χ0v) is 11.9. The van der Waals surface area contributed by atoms with Gasteiger partial charge in [-0.3, -0.25) is 4.98 Å². The van der Waals surface area contributed by atoms with Crippen LogP contribution in [0.3, 0.4) is 0 Å². The fraction of sp³-hybridized carbons (Fsp3) is 0.267. The number of hydrogen-bond donors (Lipinski definition) is 1. The summed E-state index contributed by atoms with van der Waals surface area (Å²) in [6.45, 7) is 0. The highest BCUT2D eigenvalue weighted by Gasteiger charge is 2.21. The van der Waals surface area contributed by atoms with Gasteiger partial charge in [0.2, 0.25) is 0 Å². The van der Waals surface area contributed by atoms with Crippen molar-refractivity contribution < 1.29 is 0 Å². The number of hydrogen-bond acceptors (Lipinski definition) is 2. The molecule has 1 N–H and O–H groups in total. The molecular formula is C15H14Cl2N2. The van der Waals surface area contributed by atoms with Crippen LogP contribution in [0.2, 0.25) is 10.0 Å². The largest absolute Gasteiger partial charge is 0.375 e. The van der Waals surface area contributed by atoms with Gasteiger partial charge < -0.3 is 5.32 Å². The van der Waals surface area contributed by atoms with Crippen LogP contribution in [0, 0.1) is 0 Å². The Hall–Kier alpha value is -1.25. The standard InChI is InChI=1S/C15H14Cl2N2/c16-11-6-7-13(12(17)9-11)19-14-5-1-3-10-4-2-8-18-15(10)14/h2,4,6-9,14,19H,1,3,5H2. The maximum Gasteiger partial charge on any atom is 0.0688 e. The molecule has 1 atom stereocenters. The molecule has 0 spiro atoms. The van der Waals surface area contributed by atoms with Crippen molar-refractivity contribution in [1.82, 2.24) is 4.98 Å². The summed E-state index contributed by atoms with van der Waals surface area (Å²) in [7, 11) is 0. The predicted molar refractivity (Wildman–Crippen MR) is 80.0 cm³/mol. The van der Waals surface area contributed by atoms with E-state index >= 15 is 0 Å². The molecule has 0 saturated heterocycles. The third kappa shape index (κ3) is 2.70. The molecular weight excluding hydrogens is 279 g/mol. The molecule has 0 bridgehead atoms. The van der Waals surface area contributed by atoms with Crippen LogP contribution in [-0.4, -0.2) is 4.98 Å². The molecule has 0 amide bonds. The minimum absolute atomic E-state index is 0.226. The quantitative estimate of drug-likeness (QED) is 0.853. The van der Waals surface area contributed by atoms with Gasteiger partial charge in [-0.15, -0.1) is 0 Å². The number of rotatable bonds is 2. The molecule has 1 unspecified atom stereocenters. The molecule has 1 aromatic heterocycles. The summed E-state index contributed by atoms with van der Waals surface area (Å²) in [5, 5.41) is 4.78. The fourth-order valence-electron chi connectivity index (χ4n) is 2.54. The van der Waals surface area contributed by atoms with Gasteiger partial charge >= 0.3 is 0 Å². The number of aryl methyl sites for hydroxylation is 1. The summed E-state index contributed by atoms with van der Waals surface area (Å²) < 4.78 is 0. The van der Waals surface area contributed by atoms with Crippen LogP contribution in [0.15, 0.2) is 36.5 Å². The summed E-state index contributed by atoms with van der Waals surface area (Å²) in [5.74, 6) is 0. The summed E-state index contributed by atoms with van der Waals surface area (Å²) in [4.78, 5) is 4.51. The van der Waals surface area contributed by atoms with Gasteiger partial charge in [-0.25, -0.2) is 0 Å². The van der Waals surface area contributed by atoms with Gasteiger partial charge in [0.1, 0.15) is 0 Å². The van der Waals surface area contributed by atoms with E-state index in [1.165, 1.54) is 12.0 Å². The van der Waals surface area contributed by atoms with Crippen LogP contribution in [-0.2, 0) is 6.42 Å². The third-order valence-electron chi connectivity index (χ3n) is 3.46. The lowest BCUT2D eigenvalue weighted by atomic mass is 9.92. The first kappa shape index (κ1) is 12.8. The van der Waals surface area contributed by atoms with E-state index < -0.39 is 0 Å². The highest BCUT2D eigenvalue weighted by atomic mass is 35.5. The van der Waals surface area contributed by atoms with Gasteiger partial charge in [0, 0.05) is 11.2 Å². The maximum absolute atomic E-state index is 6.21. The SMILES string of the molecule is Clc1ccc(NC2CCCc3cccnc32)c(Cl)c1. The molecule has 1 heterocycles. The number of pyridine rings is 1. The van der Waals surface area contributed by atoms with E-state index in [0.717, 1.165) is 24.2 Å². The number of nitrogens with zero attached hydrogens (tertiary/aromatic N) is 1. The van der Waals surface area contributed by atoms with Gasteiger partial charge in [-0.2, -0.15) is 0 Å². The monoisotopic (exact) mass is 292 g/mol. The molecule has 2 nitrogen and oxygen atoms in total. The summed E-state index contributed by atoms with van der Waals surface area (Å²) in [6, 6.07) is 9.90. The summed E-state index contributed by atoms with van der Waals surface area (Å²) >= 11 is 12.1. The third-order valence-corrected chi connectivity index (χ3v) is 4.00. The molecule has 1 aromatic carbocycles. The number of halogens is 2. The second-order valence-electron chi connectivity index (χ2n) is 4.76. The minimum atomic E-state index is 0.226. The van der Waals surface area contributed by atoms with E-state index in [9.17, 15) is 0 Å². The first-order valence-corrected chi connectivity index (χ1v) is 7.15. The lowest BCUT2D eigenvalue weighted by Crippen LogP contribution is -2.19. The number of fused-ring (bicyclic) bond motifs is 1. The zero-order chi connectivity index (χ0) is 13.2. The first-order valence-electron chi connectivity index (χ1n) is 6.39. The van der Waals surface area contributed by atoms with E-state index in [1.54, 1.807) is 6.07 Å². The molecule has 0 radical (unpaired) electrons. The smallest absolute Gasteiger partial charge is 0.0688 e. The Balaban J connectivity index is 1.88. The van der Waals surface area contributed by atoms with Gasteiger partial charge in [0.15, 0.2) is 0 Å². The van der Waals surface area contributed by atoms with Crippen LogP contribution >= 0.6 is 23.2 Å². The van der Waals surface area contributed by atoms with Crippen molar-refractivity contribution in [3.63, 3.8) is 0 Å². The number of anilines is 1. The van der Waals surface area contributed by atoms with Crippen molar-refractivity contribution in [3.05, 3.63) is 57.8 Å². The number of benzene rings is 1. The second kappa shape index (κ2) is 5.40. The summed E-state index contributed by atoms with van der Waals surface area (Å²) in [5.41, 5.74) is 3.38. The Morgan fingerprint density at radius 3 is 2.95 bits per heavy atom. The van der Waals surface area contributed by atoms with Crippen LogP contribution in [0.5, 0.6) is 0 Å². The molecule has 3 rings (SSSR count). The molecule has 0 fully saturated rings. The molecule has 0 aliphatic heterocycles. The first-order chi connectivity index (χ1) is 9.24. The van der Waals surface area contributed by atoms with Crippen LogP contribution < -0.4 is 5.32 Å². The molecule has 98 valence electrons. The average Bonchev–Trinajstić information content (AvgIpc) is 2.42. The van der Waals surface area contributed by atoms with Crippen molar-refractivity contribution in [2.75, 3.05) is 5.32 Å². The lowest BCUT2D eigenvalue weighted by Gasteiger charge is -2.26. The Bertz CT molecular complexity index is 598. The molecule has 2 aromatic rings. The van der Waals surface area contributed by atoms with E-state index in [1.807, 2.05) is 24.4 Å². The van der Waals surface area contributed by atoms with Crippen molar-refractivity contribution in [1.29, 1.82) is 0 Å². The van der Waals surface area contributed by atoms with E-state index in [-0.39, 0.29) is 6.04 Å². The predicted octanol–water partition coefficient (Wildman–Crippen LogP) is 4.88. The van der Waals surface area contributed by atoms with Crippen molar-refractivity contribution in [3.8, 4) is 0 Å². The molecule has 4 heteroatoms. The summed E-state index contributed by atoms with van der Waals surface area (Å²) in [6.07, 6.45) is 5.20. The highest BCUT2D eigenvalue weighted by molar-refractivity contribution is 6.36. The number of nitrogens with one attached hydrogen (secondary N) is 1. The second-order valence-corrected chi connectivity index (χ2v) is 5.60. The minimum Gasteiger partial charge on any atom is -0.375 e. The normalized spacial score (nSPS) is 17.9. The molecule has 1 aliphatic carbocycles. The molecule has 0 saturated carbocycles. The van der Waals surface area contributed by atoms with E-state index in [2.05, 4.69) is 16.4 Å². The van der Waals surface area contributed by atoms with Gasteiger partial charge in [-0.05, 0) is 49.1 Å². The maximum atomic E-state index is 6.21. The Kier molecular flexibility index (Phi) is 3.63. The van der Waals surface area contributed by atoms with Crippen molar-refractivity contribution >= 4 is 28.9 Å². The van der Waals surface area contributed by atoms with Crippen molar-refractivity contribution in [2.24, 2.45) is 0 Å². The van der Waals surface area contributed by atoms with Gasteiger partial charge in [0.25, 0.3) is 0 Å².